The summed E-state index contributed by atoms with van der Waals surface area (Å²) in [4.78, 5) is 33.1. The Hall–Kier alpha value is -4.41. The first-order valence-electron chi connectivity index (χ1n) is 8.82. The highest BCUT2D eigenvalue weighted by atomic mass is 16.6. The van der Waals surface area contributed by atoms with E-state index in [9.17, 15) is 10.1 Å². The van der Waals surface area contributed by atoms with E-state index in [-0.39, 0.29) is 5.69 Å². The topological polar surface area (TPSA) is 157 Å². The van der Waals surface area contributed by atoms with Crippen LogP contribution >= 0.6 is 0 Å². The first-order chi connectivity index (χ1) is 14.7. The number of nitrogens with one attached hydrogen (secondary N) is 1. The molecule has 0 aliphatic carbocycles. The predicted octanol–water partition coefficient (Wildman–Crippen LogP) is 2.77. The lowest BCUT2D eigenvalue weighted by molar-refractivity contribution is -0.384. The predicted molar refractivity (Wildman–Crippen MR) is 111 cm³/mol. The number of carbonyl (C=O) groups is 2. The molecular weight excluding hydrogens is 408 g/mol. The Morgan fingerprint density at radius 3 is 2.45 bits per heavy atom. The van der Waals surface area contributed by atoms with Gasteiger partial charge in [0.25, 0.3) is 5.69 Å². The van der Waals surface area contributed by atoms with E-state index in [0.717, 1.165) is 22.6 Å². The monoisotopic (exact) mass is 428 g/mol. The van der Waals surface area contributed by atoms with Crippen molar-refractivity contribution in [1.82, 2.24) is 9.55 Å². The molecule has 0 atom stereocenters. The molecule has 0 radical (unpaired) electrons. The average Bonchev–Trinajstić information content (AvgIpc) is 3.13. The molecule has 2 aromatic carbocycles. The molecule has 0 saturated carbocycles. The highest BCUT2D eigenvalue weighted by molar-refractivity contribution is 6.27. The molecule has 0 saturated heterocycles. The quantitative estimate of drug-likeness (QED) is 0.305. The van der Waals surface area contributed by atoms with Gasteiger partial charge < -0.3 is 24.8 Å². The van der Waals surface area contributed by atoms with Gasteiger partial charge in [0.15, 0.2) is 0 Å². The van der Waals surface area contributed by atoms with E-state index >= 15 is 0 Å². The molecule has 3 rings (SSSR count). The Bertz CT molecular complexity index is 1080. The Morgan fingerprint density at radius 1 is 1.16 bits per heavy atom. The van der Waals surface area contributed by atoms with Gasteiger partial charge in [-0.25, -0.2) is 14.6 Å². The Labute approximate surface area is 176 Å². The van der Waals surface area contributed by atoms with E-state index in [1.165, 1.54) is 6.07 Å². The molecule has 0 unspecified atom stereocenters. The zero-order valence-corrected chi connectivity index (χ0v) is 16.7. The SMILES string of the molecule is COc1cccc(-c2cnc(NCc3cccc([N+](=O)[O-])c3)n2C)c1.O=C(O)C(=O)O. The number of hydrogen-bond donors (Lipinski definition) is 3. The number of methoxy groups -OCH3 is 1. The summed E-state index contributed by atoms with van der Waals surface area (Å²) < 4.78 is 7.20. The van der Waals surface area contributed by atoms with Crippen molar-refractivity contribution in [2.45, 2.75) is 6.54 Å². The summed E-state index contributed by atoms with van der Waals surface area (Å²) in [5.41, 5.74) is 2.84. The molecule has 1 heterocycles. The fourth-order valence-electron chi connectivity index (χ4n) is 2.59. The van der Waals surface area contributed by atoms with E-state index in [0.29, 0.717) is 12.5 Å². The van der Waals surface area contributed by atoms with E-state index < -0.39 is 16.9 Å². The molecule has 1 aromatic heterocycles. The maximum absolute atomic E-state index is 10.9. The van der Waals surface area contributed by atoms with Crippen molar-refractivity contribution in [3.63, 3.8) is 0 Å². The Kier molecular flexibility index (Phi) is 7.67. The van der Waals surface area contributed by atoms with Crippen LogP contribution in [0.1, 0.15) is 5.56 Å². The maximum Gasteiger partial charge on any atom is 0.414 e. The van der Waals surface area contributed by atoms with Crippen molar-refractivity contribution in [1.29, 1.82) is 0 Å². The number of carboxylic acid groups (broad SMARTS) is 2. The van der Waals surface area contributed by atoms with Crippen molar-refractivity contribution in [3.05, 3.63) is 70.4 Å². The van der Waals surface area contributed by atoms with Gasteiger partial charge in [-0.1, -0.05) is 24.3 Å². The second-order valence-electron chi connectivity index (χ2n) is 6.15. The van der Waals surface area contributed by atoms with Gasteiger partial charge in [0.1, 0.15) is 5.75 Å². The van der Waals surface area contributed by atoms with Crippen LogP contribution in [-0.2, 0) is 23.2 Å². The number of nitro benzene ring substituents is 1. The number of aromatic nitrogens is 2. The molecule has 0 spiro atoms. The number of aliphatic carboxylic acids is 2. The van der Waals surface area contributed by atoms with E-state index in [4.69, 9.17) is 24.5 Å². The van der Waals surface area contributed by atoms with Crippen LogP contribution in [0.3, 0.4) is 0 Å². The molecule has 0 bridgehead atoms. The summed E-state index contributed by atoms with van der Waals surface area (Å²) >= 11 is 0. The third kappa shape index (κ3) is 6.29. The van der Waals surface area contributed by atoms with Crippen LogP contribution in [0.25, 0.3) is 11.3 Å². The lowest BCUT2D eigenvalue weighted by Gasteiger charge is -2.09. The van der Waals surface area contributed by atoms with E-state index in [2.05, 4.69) is 10.3 Å². The van der Waals surface area contributed by atoms with Gasteiger partial charge in [0.05, 0.1) is 23.9 Å². The first-order valence-corrected chi connectivity index (χ1v) is 8.82. The molecular formula is C20H20N4O7. The molecule has 0 amide bonds. The molecule has 0 aliphatic heterocycles. The smallest absolute Gasteiger partial charge is 0.414 e. The standard InChI is InChI=1S/C18H18N4O3.C2H2O4/c1-21-17(14-6-4-8-16(10-14)25-2)12-20-18(21)19-11-13-5-3-7-15(9-13)22(23)24;3-1(4)2(5)6/h3-10,12H,11H2,1-2H3,(H,19,20);(H,3,4)(H,5,6). The highest BCUT2D eigenvalue weighted by Gasteiger charge is 2.10. The van der Waals surface area contributed by atoms with Crippen LogP contribution in [0.15, 0.2) is 54.7 Å². The molecule has 11 heteroatoms. The van der Waals surface area contributed by atoms with Gasteiger partial charge in [0, 0.05) is 31.3 Å². The van der Waals surface area contributed by atoms with Gasteiger partial charge in [-0.05, 0) is 17.7 Å². The van der Waals surface area contributed by atoms with Gasteiger partial charge >= 0.3 is 11.9 Å². The van der Waals surface area contributed by atoms with Crippen molar-refractivity contribution in [2.24, 2.45) is 7.05 Å². The number of benzene rings is 2. The number of nitro groups is 1. The second kappa shape index (κ2) is 10.4. The number of anilines is 1. The van der Waals surface area contributed by atoms with Crippen molar-refractivity contribution < 1.29 is 29.5 Å². The normalized spacial score (nSPS) is 9.87. The van der Waals surface area contributed by atoms with E-state index in [1.807, 2.05) is 41.9 Å². The molecule has 3 N–H and O–H groups in total. The summed E-state index contributed by atoms with van der Waals surface area (Å²) in [7, 11) is 3.55. The summed E-state index contributed by atoms with van der Waals surface area (Å²) in [6.07, 6.45) is 1.78. The van der Waals surface area contributed by atoms with E-state index in [1.54, 1.807) is 25.4 Å². The molecule has 31 heavy (non-hydrogen) atoms. The molecule has 0 aliphatic rings. The first kappa shape index (κ1) is 22.9. The van der Waals surface area contributed by atoms with Crippen molar-refractivity contribution in [2.75, 3.05) is 12.4 Å². The van der Waals surface area contributed by atoms with Crippen LogP contribution in [0.5, 0.6) is 5.75 Å². The Morgan fingerprint density at radius 2 is 1.84 bits per heavy atom. The van der Waals surface area contributed by atoms with Gasteiger partial charge in [-0.3, -0.25) is 10.1 Å². The van der Waals surface area contributed by atoms with Gasteiger partial charge in [0.2, 0.25) is 5.95 Å². The minimum atomic E-state index is -1.82. The fraction of sp³-hybridized carbons (Fsp3) is 0.150. The van der Waals surface area contributed by atoms with Crippen LogP contribution in [0.4, 0.5) is 11.6 Å². The number of hydrogen-bond acceptors (Lipinski definition) is 7. The highest BCUT2D eigenvalue weighted by Crippen LogP contribution is 2.25. The summed E-state index contributed by atoms with van der Waals surface area (Å²) in [6, 6.07) is 14.3. The number of imidazole rings is 1. The van der Waals surface area contributed by atoms with Crippen LogP contribution < -0.4 is 10.1 Å². The maximum atomic E-state index is 10.9. The Balaban J connectivity index is 0.000000501. The minimum Gasteiger partial charge on any atom is -0.497 e. The lowest BCUT2D eigenvalue weighted by Crippen LogP contribution is -2.09. The lowest BCUT2D eigenvalue weighted by atomic mass is 10.1. The molecule has 3 aromatic rings. The molecule has 11 nitrogen and oxygen atoms in total. The molecule has 0 fully saturated rings. The number of nitrogens with zero attached hydrogens (tertiary/aromatic N) is 3. The minimum absolute atomic E-state index is 0.0798. The average molecular weight is 428 g/mol. The van der Waals surface area contributed by atoms with Crippen molar-refractivity contribution in [3.8, 4) is 17.0 Å². The third-order valence-corrected chi connectivity index (χ3v) is 4.11. The van der Waals surface area contributed by atoms with Crippen LogP contribution in [0.2, 0.25) is 0 Å². The summed E-state index contributed by atoms with van der Waals surface area (Å²) in [5.74, 6) is -2.18. The van der Waals surface area contributed by atoms with Gasteiger partial charge in [-0.2, -0.15) is 0 Å². The zero-order chi connectivity index (χ0) is 23.0. The van der Waals surface area contributed by atoms with Gasteiger partial charge in [-0.15, -0.1) is 0 Å². The van der Waals surface area contributed by atoms with Crippen LogP contribution in [-0.4, -0.2) is 43.7 Å². The summed E-state index contributed by atoms with van der Waals surface area (Å²) in [6.45, 7) is 0.448. The number of rotatable bonds is 6. The fourth-order valence-corrected chi connectivity index (χ4v) is 2.59. The summed E-state index contributed by atoms with van der Waals surface area (Å²) in [5, 5.41) is 28.8. The zero-order valence-electron chi connectivity index (χ0n) is 16.7. The second-order valence-corrected chi connectivity index (χ2v) is 6.15. The van der Waals surface area contributed by atoms with Crippen molar-refractivity contribution >= 4 is 23.6 Å². The van der Waals surface area contributed by atoms with Crippen LogP contribution in [0, 0.1) is 10.1 Å². The number of non-ortho nitro benzene ring substituents is 1. The number of ether oxygens (including phenoxy) is 1. The number of carboxylic acids is 2. The largest absolute Gasteiger partial charge is 0.497 e. The molecule has 162 valence electrons. The third-order valence-electron chi connectivity index (χ3n) is 4.11.